The molecule has 3 N–H and O–H groups in total. The number of rotatable bonds is 4. The number of aliphatic hydroxyl groups excluding tert-OH is 1. The van der Waals surface area contributed by atoms with Gasteiger partial charge in [0, 0.05) is 0 Å². The first-order valence-electron chi connectivity index (χ1n) is 5.13. The van der Waals surface area contributed by atoms with Gasteiger partial charge >= 0.3 is 0 Å². The van der Waals surface area contributed by atoms with Gasteiger partial charge in [0.15, 0.2) is 0 Å². The minimum absolute atomic E-state index is 0.124. The van der Waals surface area contributed by atoms with Crippen LogP contribution in [0.15, 0.2) is 36.7 Å². The lowest BCUT2D eigenvalue weighted by Gasteiger charge is -2.15. The van der Waals surface area contributed by atoms with Crippen LogP contribution in [0.3, 0.4) is 0 Å². The Kier molecular flexibility index (Phi) is 3.46. The molecule has 0 saturated carbocycles. The smallest absolute Gasteiger partial charge is 0.289 e. The van der Waals surface area contributed by atoms with Crippen LogP contribution in [0.1, 0.15) is 22.2 Å². The predicted molar refractivity (Wildman–Crippen MR) is 60.1 cm³/mol. The summed E-state index contributed by atoms with van der Waals surface area (Å²) >= 11 is 0. The Labute approximate surface area is 97.7 Å². The Balaban J connectivity index is 2.09. The molecule has 1 atom stereocenters. The molecule has 1 heterocycles. The number of amides is 1. The van der Waals surface area contributed by atoms with Crippen molar-refractivity contribution in [1.29, 1.82) is 0 Å². The summed E-state index contributed by atoms with van der Waals surface area (Å²) < 4.78 is 0. The Morgan fingerprint density at radius 1 is 1.41 bits per heavy atom. The van der Waals surface area contributed by atoms with E-state index in [0.717, 1.165) is 5.56 Å². The van der Waals surface area contributed by atoms with Crippen LogP contribution < -0.4 is 5.32 Å². The first-order chi connectivity index (χ1) is 8.31. The highest BCUT2D eigenvalue weighted by molar-refractivity contribution is 5.90. The van der Waals surface area contributed by atoms with Gasteiger partial charge in [0.05, 0.1) is 12.6 Å². The SMILES string of the molecule is O=C(N[C@H](CO)c1ccccc1)c1ncn[nH]1. The molecule has 0 fully saturated rings. The van der Waals surface area contributed by atoms with E-state index in [9.17, 15) is 9.90 Å². The summed E-state index contributed by atoms with van der Waals surface area (Å²) in [6.07, 6.45) is 1.26. The first-order valence-corrected chi connectivity index (χ1v) is 5.13. The van der Waals surface area contributed by atoms with E-state index in [1.807, 2.05) is 30.3 Å². The largest absolute Gasteiger partial charge is 0.394 e. The third kappa shape index (κ3) is 2.67. The second-order valence-electron chi connectivity index (χ2n) is 3.45. The molecule has 0 aliphatic heterocycles. The number of nitrogens with zero attached hydrogens (tertiary/aromatic N) is 2. The van der Waals surface area contributed by atoms with Crippen molar-refractivity contribution in [1.82, 2.24) is 20.5 Å². The van der Waals surface area contributed by atoms with Gasteiger partial charge in [0.2, 0.25) is 5.82 Å². The number of H-pyrrole nitrogens is 1. The van der Waals surface area contributed by atoms with Crippen molar-refractivity contribution in [3.05, 3.63) is 48.0 Å². The van der Waals surface area contributed by atoms with Gasteiger partial charge in [-0.3, -0.25) is 9.89 Å². The van der Waals surface area contributed by atoms with Crippen molar-refractivity contribution in [3.8, 4) is 0 Å². The zero-order chi connectivity index (χ0) is 12.1. The summed E-state index contributed by atoms with van der Waals surface area (Å²) in [4.78, 5) is 15.4. The molecule has 0 unspecified atom stereocenters. The van der Waals surface area contributed by atoms with Crippen molar-refractivity contribution in [3.63, 3.8) is 0 Å². The molecule has 1 aromatic carbocycles. The number of aromatic nitrogens is 3. The normalized spacial score (nSPS) is 12.1. The van der Waals surface area contributed by atoms with Gasteiger partial charge in [-0.05, 0) is 5.56 Å². The molecule has 0 aliphatic carbocycles. The molecule has 88 valence electrons. The van der Waals surface area contributed by atoms with E-state index >= 15 is 0 Å². The molecule has 0 bridgehead atoms. The summed E-state index contributed by atoms with van der Waals surface area (Å²) in [5.41, 5.74) is 0.836. The van der Waals surface area contributed by atoms with Crippen LogP contribution in [-0.2, 0) is 0 Å². The predicted octanol–water partition coefficient (Wildman–Crippen LogP) is 0.268. The van der Waals surface area contributed by atoms with Crippen molar-refractivity contribution in [2.24, 2.45) is 0 Å². The van der Waals surface area contributed by atoms with Crippen molar-refractivity contribution < 1.29 is 9.90 Å². The second-order valence-corrected chi connectivity index (χ2v) is 3.45. The molecule has 2 rings (SSSR count). The Morgan fingerprint density at radius 2 is 2.18 bits per heavy atom. The highest BCUT2D eigenvalue weighted by atomic mass is 16.3. The van der Waals surface area contributed by atoms with E-state index in [0.29, 0.717) is 0 Å². The van der Waals surface area contributed by atoms with Crippen molar-refractivity contribution >= 4 is 5.91 Å². The van der Waals surface area contributed by atoms with Crippen molar-refractivity contribution in [2.45, 2.75) is 6.04 Å². The van der Waals surface area contributed by atoms with Crippen LogP contribution in [0.2, 0.25) is 0 Å². The molecule has 0 spiro atoms. The van der Waals surface area contributed by atoms with Crippen LogP contribution in [0.4, 0.5) is 0 Å². The van der Waals surface area contributed by atoms with E-state index < -0.39 is 11.9 Å². The number of carbonyl (C=O) groups is 1. The number of aliphatic hydroxyl groups is 1. The van der Waals surface area contributed by atoms with Gasteiger partial charge in [-0.1, -0.05) is 30.3 Å². The number of hydrogen-bond acceptors (Lipinski definition) is 4. The number of hydrogen-bond donors (Lipinski definition) is 3. The summed E-state index contributed by atoms with van der Waals surface area (Å²) in [7, 11) is 0. The van der Waals surface area contributed by atoms with E-state index in [1.165, 1.54) is 6.33 Å². The fraction of sp³-hybridized carbons (Fsp3) is 0.182. The van der Waals surface area contributed by atoms with Crippen LogP contribution in [-0.4, -0.2) is 32.8 Å². The summed E-state index contributed by atoms with van der Waals surface area (Å²) in [6, 6.07) is 8.78. The minimum Gasteiger partial charge on any atom is -0.394 e. The van der Waals surface area contributed by atoms with Crippen LogP contribution in [0, 0.1) is 0 Å². The Bertz CT molecular complexity index is 469. The molecule has 0 radical (unpaired) electrons. The van der Waals surface area contributed by atoms with E-state index in [-0.39, 0.29) is 12.4 Å². The zero-order valence-electron chi connectivity index (χ0n) is 9.00. The maximum atomic E-state index is 11.7. The summed E-state index contributed by atoms with van der Waals surface area (Å²) in [6.45, 7) is -0.177. The quantitative estimate of drug-likeness (QED) is 0.705. The maximum Gasteiger partial charge on any atom is 0.289 e. The third-order valence-electron chi connectivity index (χ3n) is 2.32. The standard InChI is InChI=1S/C11H12N4O2/c16-6-9(8-4-2-1-3-5-8)14-11(17)10-12-7-13-15-10/h1-5,7,9,16H,6H2,(H,14,17)(H,12,13,15)/t9-/m1/s1. The van der Waals surface area contributed by atoms with Gasteiger partial charge in [-0.25, -0.2) is 4.98 Å². The van der Waals surface area contributed by atoms with Crippen LogP contribution >= 0.6 is 0 Å². The van der Waals surface area contributed by atoms with E-state index in [4.69, 9.17) is 0 Å². The lowest BCUT2D eigenvalue weighted by Crippen LogP contribution is -2.31. The highest BCUT2D eigenvalue weighted by Crippen LogP contribution is 2.11. The average molecular weight is 232 g/mol. The highest BCUT2D eigenvalue weighted by Gasteiger charge is 2.16. The summed E-state index contributed by atoms with van der Waals surface area (Å²) in [5.74, 6) is -0.273. The Hall–Kier alpha value is -2.21. The van der Waals surface area contributed by atoms with Gasteiger partial charge in [-0.2, -0.15) is 5.10 Å². The molecular formula is C11H12N4O2. The van der Waals surface area contributed by atoms with Gasteiger partial charge in [0.25, 0.3) is 5.91 Å². The van der Waals surface area contributed by atoms with Crippen LogP contribution in [0.25, 0.3) is 0 Å². The molecule has 1 amide bonds. The van der Waals surface area contributed by atoms with E-state index in [1.54, 1.807) is 0 Å². The molecule has 1 aromatic heterocycles. The molecule has 2 aromatic rings. The topological polar surface area (TPSA) is 90.9 Å². The molecule has 0 aliphatic rings. The van der Waals surface area contributed by atoms with Crippen molar-refractivity contribution in [2.75, 3.05) is 6.61 Å². The third-order valence-corrected chi connectivity index (χ3v) is 2.32. The molecule has 6 heteroatoms. The average Bonchev–Trinajstić information content (AvgIpc) is 2.90. The van der Waals surface area contributed by atoms with Gasteiger partial charge in [0.1, 0.15) is 6.33 Å². The minimum atomic E-state index is -0.450. The summed E-state index contributed by atoms with van der Waals surface area (Å²) in [5, 5.41) is 18.0. The monoisotopic (exact) mass is 232 g/mol. The second kappa shape index (κ2) is 5.22. The molecule has 6 nitrogen and oxygen atoms in total. The number of nitrogens with one attached hydrogen (secondary N) is 2. The number of aromatic amines is 1. The first kappa shape index (κ1) is 11.3. The van der Waals surface area contributed by atoms with Gasteiger partial charge in [-0.15, -0.1) is 0 Å². The fourth-order valence-electron chi connectivity index (χ4n) is 1.46. The van der Waals surface area contributed by atoms with Crippen LogP contribution in [0.5, 0.6) is 0 Å². The van der Waals surface area contributed by atoms with E-state index in [2.05, 4.69) is 20.5 Å². The zero-order valence-corrected chi connectivity index (χ0v) is 9.00. The number of carbonyl (C=O) groups excluding carboxylic acids is 1. The lowest BCUT2D eigenvalue weighted by molar-refractivity contribution is 0.0906. The fourth-order valence-corrected chi connectivity index (χ4v) is 1.46. The molecule has 0 saturated heterocycles. The van der Waals surface area contributed by atoms with Gasteiger partial charge < -0.3 is 10.4 Å². The maximum absolute atomic E-state index is 11.7. The molecule has 17 heavy (non-hydrogen) atoms. The Morgan fingerprint density at radius 3 is 2.76 bits per heavy atom. The number of benzene rings is 1. The lowest BCUT2D eigenvalue weighted by atomic mass is 10.1. The molecular weight excluding hydrogens is 220 g/mol.